The summed E-state index contributed by atoms with van der Waals surface area (Å²) < 4.78 is 16.7. The van der Waals surface area contributed by atoms with Crippen LogP contribution in [-0.2, 0) is 6.42 Å². The third-order valence-corrected chi connectivity index (χ3v) is 9.39. The highest BCUT2D eigenvalue weighted by Crippen LogP contribution is 2.35. The van der Waals surface area contributed by atoms with Crippen molar-refractivity contribution in [1.82, 2.24) is 0 Å². The summed E-state index contributed by atoms with van der Waals surface area (Å²) in [5.41, 5.74) is 8.07. The number of rotatable bonds is 3. The van der Waals surface area contributed by atoms with Gasteiger partial charge in [-0.15, -0.1) is 0 Å². The molecule has 2 aliphatic heterocycles. The molecule has 0 saturated heterocycles. The molecule has 0 fully saturated rings. The van der Waals surface area contributed by atoms with Crippen molar-refractivity contribution < 1.29 is 39.4 Å². The van der Waals surface area contributed by atoms with Crippen molar-refractivity contribution in [2.45, 2.75) is 19.3 Å². The highest BCUT2D eigenvalue weighted by atomic mass is 16.5. The highest BCUT2D eigenvalue weighted by Gasteiger charge is 2.21. The van der Waals surface area contributed by atoms with Gasteiger partial charge in [0.2, 0.25) is 0 Å². The average Bonchev–Trinajstić information content (AvgIpc) is 3.19. The Morgan fingerprint density at radius 1 is 0.600 bits per heavy atom. The first-order chi connectivity index (χ1) is 26.6. The van der Waals surface area contributed by atoms with Gasteiger partial charge in [-0.25, -0.2) is 0 Å². The van der Waals surface area contributed by atoms with Gasteiger partial charge in [-0.05, 0) is 102 Å². The molecule has 9 nitrogen and oxygen atoms in total. The smallest absolute Gasteiger partial charge is 0.200 e. The Bertz CT molecular complexity index is 2540. The predicted molar refractivity (Wildman–Crippen MR) is 212 cm³/mol. The second-order valence-electron chi connectivity index (χ2n) is 13.3. The summed E-state index contributed by atoms with van der Waals surface area (Å²) in [6.45, 7) is 3.05. The summed E-state index contributed by atoms with van der Waals surface area (Å²) in [6, 6.07) is 36.8. The van der Waals surface area contributed by atoms with E-state index in [4.69, 9.17) is 13.9 Å². The van der Waals surface area contributed by atoms with E-state index in [2.05, 4.69) is 0 Å². The molecule has 6 aromatic carbocycles. The van der Waals surface area contributed by atoms with Crippen LogP contribution >= 0.6 is 0 Å². The monoisotopic (exact) mass is 734 g/mol. The Morgan fingerprint density at radius 2 is 1.20 bits per heavy atom. The van der Waals surface area contributed by atoms with Gasteiger partial charge in [0.1, 0.15) is 58.7 Å². The highest BCUT2D eigenvalue weighted by molar-refractivity contribution is 5.86. The zero-order valence-electron chi connectivity index (χ0n) is 29.8. The number of hydrogen-bond donors (Lipinski definition) is 5. The van der Waals surface area contributed by atoms with Crippen molar-refractivity contribution in [3.63, 3.8) is 0 Å². The molecule has 55 heavy (non-hydrogen) atoms. The van der Waals surface area contributed by atoms with Crippen molar-refractivity contribution in [3.05, 3.63) is 172 Å². The Kier molecular flexibility index (Phi) is 10.4. The predicted octanol–water partition coefficient (Wildman–Crippen LogP) is 9.32. The zero-order chi connectivity index (χ0) is 38.5. The van der Waals surface area contributed by atoms with Gasteiger partial charge in [-0.1, -0.05) is 60.2 Å². The van der Waals surface area contributed by atoms with Gasteiger partial charge in [0.05, 0.1) is 17.6 Å². The third-order valence-electron chi connectivity index (χ3n) is 9.39. The van der Waals surface area contributed by atoms with Gasteiger partial charge in [-0.3, -0.25) is 4.79 Å². The molecule has 5 N–H and O–H groups in total. The molecule has 0 radical (unpaired) electrons. The third kappa shape index (κ3) is 8.58. The van der Waals surface area contributed by atoms with Gasteiger partial charge in [0.15, 0.2) is 5.43 Å². The molecule has 9 rings (SSSR count). The maximum atomic E-state index is 12.4. The molecule has 0 amide bonds. The Balaban J connectivity index is 0.000000127. The van der Waals surface area contributed by atoms with Crippen LogP contribution in [0.1, 0.15) is 33.7 Å². The quantitative estimate of drug-likeness (QED) is 0.120. The standard InChI is InChI=1S/C16H12O3.C15H14O3.C15H12O3/c1-10-2-4-11(5-3-10)14-9-19-15-8-12(17)6-7-13(15)16(14)18;2*16-13-4-1-10(2-5-13)12-7-11-3-6-14(17)8-15(11)18-9-12/h2-9,17H,1H3;1-6,8,12,16-17H,7,9H2;1-8,16-17H,9H2. The van der Waals surface area contributed by atoms with E-state index in [1.165, 1.54) is 18.4 Å². The summed E-state index contributed by atoms with van der Waals surface area (Å²) in [6.07, 6.45) is 4.36. The lowest BCUT2D eigenvalue weighted by molar-refractivity contribution is 0.261. The van der Waals surface area contributed by atoms with E-state index >= 15 is 0 Å². The zero-order valence-corrected chi connectivity index (χ0v) is 29.8. The first-order valence-electron chi connectivity index (χ1n) is 17.6. The van der Waals surface area contributed by atoms with Crippen LogP contribution in [0.2, 0.25) is 0 Å². The topological polar surface area (TPSA) is 150 Å². The van der Waals surface area contributed by atoms with Crippen LogP contribution in [0.5, 0.6) is 40.2 Å². The number of ether oxygens (including phenoxy) is 2. The maximum Gasteiger partial charge on any atom is 0.200 e. The van der Waals surface area contributed by atoms with Crippen molar-refractivity contribution in [2.75, 3.05) is 13.2 Å². The fourth-order valence-corrected chi connectivity index (χ4v) is 6.37. The largest absolute Gasteiger partial charge is 0.508 e. The first-order valence-corrected chi connectivity index (χ1v) is 17.6. The number of aromatic hydroxyl groups is 5. The van der Waals surface area contributed by atoms with Gasteiger partial charge in [-0.2, -0.15) is 0 Å². The Morgan fingerprint density at radius 3 is 1.93 bits per heavy atom. The van der Waals surface area contributed by atoms with E-state index in [1.807, 2.05) is 73.7 Å². The summed E-state index contributed by atoms with van der Waals surface area (Å²) in [4.78, 5) is 12.4. The molecule has 0 bridgehead atoms. The molecule has 1 unspecified atom stereocenters. The second kappa shape index (κ2) is 15.9. The van der Waals surface area contributed by atoms with Crippen LogP contribution in [-0.4, -0.2) is 38.7 Å². The van der Waals surface area contributed by atoms with Crippen LogP contribution in [0.15, 0.2) is 143 Å². The summed E-state index contributed by atoms with van der Waals surface area (Å²) >= 11 is 0. The lowest BCUT2D eigenvalue weighted by Gasteiger charge is -2.25. The number of benzene rings is 6. The summed E-state index contributed by atoms with van der Waals surface area (Å²) in [5, 5.41) is 47.2. The Labute approximate surface area is 316 Å². The van der Waals surface area contributed by atoms with Crippen LogP contribution in [0.25, 0.3) is 33.7 Å². The molecule has 3 heterocycles. The number of phenols is 5. The number of aryl methyl sites for hydroxylation is 1. The van der Waals surface area contributed by atoms with Gasteiger partial charge in [0.25, 0.3) is 0 Å². The second-order valence-corrected chi connectivity index (χ2v) is 13.3. The first kappa shape index (κ1) is 36.2. The van der Waals surface area contributed by atoms with Crippen LogP contribution in [0, 0.1) is 6.92 Å². The van der Waals surface area contributed by atoms with Crippen molar-refractivity contribution >= 4 is 22.6 Å². The average molecular weight is 735 g/mol. The van der Waals surface area contributed by atoms with Gasteiger partial charge < -0.3 is 39.4 Å². The molecule has 9 heteroatoms. The van der Waals surface area contributed by atoms with E-state index < -0.39 is 0 Å². The SMILES string of the molecule is Cc1ccc(-c2coc3cc(O)ccc3c2=O)cc1.Oc1ccc(C2=Cc3ccc(O)cc3OC2)cc1.Oc1ccc(C2COc3cc(O)ccc3C2)cc1. The lowest BCUT2D eigenvalue weighted by atomic mass is 9.90. The molecule has 276 valence electrons. The molecule has 7 aromatic rings. The minimum atomic E-state index is -0.0925. The molecule has 0 saturated carbocycles. The number of hydrogen-bond acceptors (Lipinski definition) is 9. The van der Waals surface area contributed by atoms with Crippen LogP contribution < -0.4 is 14.9 Å². The molecule has 0 aliphatic carbocycles. The maximum absolute atomic E-state index is 12.4. The van der Waals surface area contributed by atoms with E-state index in [-0.39, 0.29) is 34.2 Å². The summed E-state index contributed by atoms with van der Waals surface area (Å²) in [5.74, 6) is 2.80. The lowest BCUT2D eigenvalue weighted by Crippen LogP contribution is -2.18. The fraction of sp³-hybridized carbons (Fsp3) is 0.109. The molecule has 1 aromatic heterocycles. The van der Waals surface area contributed by atoms with Crippen molar-refractivity contribution in [3.8, 4) is 51.4 Å². The van der Waals surface area contributed by atoms with E-state index in [1.54, 1.807) is 54.6 Å². The number of phenolic OH excluding ortho intramolecular Hbond substituents is 5. The van der Waals surface area contributed by atoms with Gasteiger partial charge in [0, 0.05) is 29.7 Å². The van der Waals surface area contributed by atoms with E-state index in [9.17, 15) is 30.3 Å². The normalized spacial score (nSPS) is 14.0. The van der Waals surface area contributed by atoms with Crippen molar-refractivity contribution in [1.29, 1.82) is 0 Å². The van der Waals surface area contributed by atoms with Crippen LogP contribution in [0.3, 0.4) is 0 Å². The minimum Gasteiger partial charge on any atom is -0.508 e. The molecular weight excluding hydrogens is 696 g/mol. The summed E-state index contributed by atoms with van der Waals surface area (Å²) in [7, 11) is 0. The Hall–Kier alpha value is -7.13. The molecular formula is C46H38O9. The molecule has 0 spiro atoms. The molecule has 1 atom stereocenters. The minimum absolute atomic E-state index is 0.0822. The van der Waals surface area contributed by atoms with Crippen molar-refractivity contribution in [2.24, 2.45) is 0 Å². The number of fused-ring (bicyclic) bond motifs is 3. The van der Waals surface area contributed by atoms with Gasteiger partial charge >= 0.3 is 0 Å². The van der Waals surface area contributed by atoms with Crippen LogP contribution in [0.4, 0.5) is 0 Å². The van der Waals surface area contributed by atoms with E-state index in [0.717, 1.165) is 51.1 Å². The fourth-order valence-electron chi connectivity index (χ4n) is 6.37. The molecule has 2 aliphatic rings. The van der Waals surface area contributed by atoms with E-state index in [0.29, 0.717) is 41.4 Å².